The van der Waals surface area contributed by atoms with E-state index in [2.05, 4.69) is 15.0 Å². The highest BCUT2D eigenvalue weighted by molar-refractivity contribution is 7.89. The van der Waals surface area contributed by atoms with Crippen molar-refractivity contribution >= 4 is 27.3 Å². The molecule has 0 spiro atoms. The molecule has 2 N–H and O–H groups in total. The van der Waals surface area contributed by atoms with Gasteiger partial charge in [0.2, 0.25) is 10.0 Å². The summed E-state index contributed by atoms with van der Waals surface area (Å²) < 4.78 is 26.5. The van der Waals surface area contributed by atoms with E-state index in [1.165, 1.54) is 11.3 Å². The Kier molecular flexibility index (Phi) is 6.47. The molecule has 0 bridgehead atoms. The van der Waals surface area contributed by atoms with E-state index in [9.17, 15) is 13.2 Å². The van der Waals surface area contributed by atoms with Crippen LogP contribution in [0.15, 0.2) is 30.3 Å². The molecule has 1 heterocycles. The fraction of sp³-hybridized carbons (Fsp3) is 0.375. The van der Waals surface area contributed by atoms with Gasteiger partial charge in [0, 0.05) is 13.1 Å². The summed E-state index contributed by atoms with van der Waals surface area (Å²) in [6.45, 7) is 4.06. The van der Waals surface area contributed by atoms with Gasteiger partial charge in [-0.3, -0.25) is 4.79 Å². The predicted molar refractivity (Wildman–Crippen MR) is 95.6 cm³/mol. The third-order valence-corrected chi connectivity index (χ3v) is 5.97. The molecule has 0 aliphatic heterocycles. The molecule has 2 aromatic rings. The van der Waals surface area contributed by atoms with Crippen LogP contribution in [0.1, 0.15) is 32.9 Å². The summed E-state index contributed by atoms with van der Waals surface area (Å²) in [5.74, 6) is -0.438. The van der Waals surface area contributed by atoms with Gasteiger partial charge in [0.15, 0.2) is 0 Å². The number of benzene rings is 1. The SMILES string of the molecule is CCc1nc(C)c(C(=O)NCCS(=O)(=O)NCc2ccccc2)s1. The third-order valence-electron chi connectivity index (χ3n) is 3.34. The molecule has 6 nitrogen and oxygen atoms in total. The van der Waals surface area contributed by atoms with Crippen LogP contribution in [0.2, 0.25) is 0 Å². The Morgan fingerprint density at radius 2 is 1.96 bits per heavy atom. The predicted octanol–water partition coefficient (Wildman–Crippen LogP) is 1.86. The highest BCUT2D eigenvalue weighted by Gasteiger charge is 2.16. The standard InChI is InChI=1S/C16H21N3O3S2/c1-3-14-19-12(2)15(23-14)16(20)17-9-10-24(21,22)18-11-13-7-5-4-6-8-13/h4-8,18H,3,9-11H2,1-2H3,(H,17,20). The van der Waals surface area contributed by atoms with Gasteiger partial charge in [0.1, 0.15) is 4.88 Å². The maximum absolute atomic E-state index is 12.1. The molecule has 1 aromatic heterocycles. The number of aryl methyl sites for hydroxylation is 2. The van der Waals surface area contributed by atoms with Crippen LogP contribution < -0.4 is 10.0 Å². The molecule has 1 aromatic carbocycles. The summed E-state index contributed by atoms with van der Waals surface area (Å²) in [5.41, 5.74) is 1.57. The van der Waals surface area contributed by atoms with Crippen molar-refractivity contribution in [2.75, 3.05) is 12.3 Å². The van der Waals surface area contributed by atoms with Crippen molar-refractivity contribution in [1.29, 1.82) is 0 Å². The minimum absolute atomic E-state index is 0.0573. The Morgan fingerprint density at radius 3 is 2.58 bits per heavy atom. The lowest BCUT2D eigenvalue weighted by molar-refractivity contribution is 0.0959. The number of carbonyl (C=O) groups excluding carboxylic acids is 1. The number of rotatable bonds is 8. The molecule has 0 atom stereocenters. The van der Waals surface area contributed by atoms with E-state index >= 15 is 0 Å². The van der Waals surface area contributed by atoms with Crippen LogP contribution in [-0.4, -0.2) is 31.6 Å². The number of nitrogens with one attached hydrogen (secondary N) is 2. The van der Waals surface area contributed by atoms with Crippen LogP contribution >= 0.6 is 11.3 Å². The van der Waals surface area contributed by atoms with Crippen LogP contribution in [-0.2, 0) is 23.0 Å². The second-order valence-electron chi connectivity index (χ2n) is 5.26. The first-order valence-electron chi connectivity index (χ1n) is 7.67. The number of aromatic nitrogens is 1. The zero-order valence-electron chi connectivity index (χ0n) is 13.7. The Hall–Kier alpha value is -1.77. The molecular weight excluding hydrogens is 346 g/mol. The maximum Gasteiger partial charge on any atom is 0.263 e. The largest absolute Gasteiger partial charge is 0.350 e. The Bertz CT molecular complexity index is 786. The lowest BCUT2D eigenvalue weighted by Crippen LogP contribution is -2.34. The van der Waals surface area contributed by atoms with E-state index in [-0.39, 0.29) is 24.7 Å². The van der Waals surface area contributed by atoms with E-state index < -0.39 is 10.0 Å². The number of hydrogen-bond acceptors (Lipinski definition) is 5. The summed E-state index contributed by atoms with van der Waals surface area (Å²) >= 11 is 1.34. The molecule has 130 valence electrons. The first-order valence-corrected chi connectivity index (χ1v) is 10.1. The van der Waals surface area contributed by atoms with Crippen molar-refractivity contribution in [2.24, 2.45) is 0 Å². The van der Waals surface area contributed by atoms with E-state index in [1.54, 1.807) is 6.92 Å². The maximum atomic E-state index is 12.1. The zero-order valence-corrected chi connectivity index (χ0v) is 15.3. The van der Waals surface area contributed by atoms with E-state index in [0.29, 0.717) is 10.6 Å². The van der Waals surface area contributed by atoms with Gasteiger partial charge in [-0.05, 0) is 18.9 Å². The summed E-state index contributed by atoms with van der Waals surface area (Å²) in [4.78, 5) is 16.9. The quantitative estimate of drug-likeness (QED) is 0.745. The van der Waals surface area contributed by atoms with Crippen molar-refractivity contribution < 1.29 is 13.2 Å². The normalized spacial score (nSPS) is 11.4. The van der Waals surface area contributed by atoms with Crippen LogP contribution in [0.5, 0.6) is 0 Å². The van der Waals surface area contributed by atoms with Crippen molar-refractivity contribution in [3.05, 3.63) is 51.5 Å². The molecule has 8 heteroatoms. The average molecular weight is 367 g/mol. The van der Waals surface area contributed by atoms with Gasteiger partial charge in [-0.2, -0.15) is 0 Å². The summed E-state index contributed by atoms with van der Waals surface area (Å²) in [7, 11) is -3.44. The summed E-state index contributed by atoms with van der Waals surface area (Å²) in [6.07, 6.45) is 0.774. The molecule has 0 aliphatic carbocycles. The van der Waals surface area contributed by atoms with Crippen molar-refractivity contribution in [2.45, 2.75) is 26.8 Å². The minimum atomic E-state index is -3.44. The first-order chi connectivity index (χ1) is 11.4. The molecule has 0 unspecified atom stereocenters. The second-order valence-corrected chi connectivity index (χ2v) is 8.27. The fourth-order valence-corrected chi connectivity index (χ4v) is 3.88. The van der Waals surface area contributed by atoms with Crippen LogP contribution in [0.25, 0.3) is 0 Å². The summed E-state index contributed by atoms with van der Waals surface area (Å²) in [6, 6.07) is 9.28. The average Bonchev–Trinajstić information content (AvgIpc) is 2.95. The zero-order chi connectivity index (χ0) is 17.6. The molecule has 0 radical (unpaired) electrons. The van der Waals surface area contributed by atoms with Gasteiger partial charge in [-0.15, -0.1) is 11.3 Å². The van der Waals surface area contributed by atoms with Crippen molar-refractivity contribution in [1.82, 2.24) is 15.0 Å². The molecule has 0 fully saturated rings. The lowest BCUT2D eigenvalue weighted by atomic mass is 10.2. The number of nitrogens with zero attached hydrogens (tertiary/aromatic N) is 1. The molecule has 1 amide bonds. The van der Waals surface area contributed by atoms with Crippen molar-refractivity contribution in [3.63, 3.8) is 0 Å². The molecule has 0 saturated carbocycles. The van der Waals surface area contributed by atoms with E-state index in [4.69, 9.17) is 0 Å². The first kappa shape index (κ1) is 18.6. The number of carbonyl (C=O) groups is 1. The lowest BCUT2D eigenvalue weighted by Gasteiger charge is -2.08. The third kappa shape index (κ3) is 5.40. The molecule has 0 saturated heterocycles. The van der Waals surface area contributed by atoms with Crippen LogP contribution in [0, 0.1) is 6.92 Å². The Morgan fingerprint density at radius 1 is 1.25 bits per heavy atom. The second kappa shape index (κ2) is 8.36. The number of amides is 1. The number of sulfonamides is 1. The van der Waals surface area contributed by atoms with Crippen LogP contribution in [0.4, 0.5) is 0 Å². The number of hydrogen-bond donors (Lipinski definition) is 2. The van der Waals surface area contributed by atoms with Crippen molar-refractivity contribution in [3.8, 4) is 0 Å². The van der Waals surface area contributed by atoms with Gasteiger partial charge >= 0.3 is 0 Å². The van der Waals surface area contributed by atoms with Gasteiger partial charge in [-0.1, -0.05) is 37.3 Å². The smallest absolute Gasteiger partial charge is 0.263 e. The Labute approximate surface area is 146 Å². The summed E-state index contributed by atoms with van der Waals surface area (Å²) in [5, 5.41) is 3.54. The highest BCUT2D eigenvalue weighted by atomic mass is 32.2. The topological polar surface area (TPSA) is 88.2 Å². The highest BCUT2D eigenvalue weighted by Crippen LogP contribution is 2.18. The van der Waals surface area contributed by atoms with E-state index in [1.807, 2.05) is 37.3 Å². The molecular formula is C16H21N3O3S2. The van der Waals surface area contributed by atoms with Gasteiger partial charge in [0.25, 0.3) is 5.91 Å². The fourth-order valence-electron chi connectivity index (χ4n) is 2.05. The minimum Gasteiger partial charge on any atom is -0.350 e. The molecule has 24 heavy (non-hydrogen) atoms. The van der Waals surface area contributed by atoms with E-state index in [0.717, 1.165) is 17.0 Å². The monoisotopic (exact) mass is 367 g/mol. The molecule has 0 aliphatic rings. The van der Waals surface area contributed by atoms with Gasteiger partial charge in [0.05, 0.1) is 16.5 Å². The molecule has 2 rings (SSSR count). The number of thiazole rings is 1. The Balaban J connectivity index is 1.81. The van der Waals surface area contributed by atoms with Gasteiger partial charge < -0.3 is 5.32 Å². The van der Waals surface area contributed by atoms with Gasteiger partial charge in [-0.25, -0.2) is 18.1 Å². The van der Waals surface area contributed by atoms with Crippen LogP contribution in [0.3, 0.4) is 0 Å².